The molecule has 1 unspecified atom stereocenters. The third kappa shape index (κ3) is 5.60. The van der Waals surface area contributed by atoms with Crippen LogP contribution in [-0.4, -0.2) is 85.5 Å². The second-order valence-electron chi connectivity index (χ2n) is 10.8. The normalized spacial score (nSPS) is 22.6. The zero-order valence-corrected chi connectivity index (χ0v) is 22.5. The average Bonchev–Trinajstić information content (AvgIpc) is 3.61. The quantitative estimate of drug-likeness (QED) is 0.500. The first-order valence-corrected chi connectivity index (χ1v) is 15.6. The molecule has 9 heteroatoms. The lowest BCUT2D eigenvalue weighted by atomic mass is 10.0. The van der Waals surface area contributed by atoms with E-state index in [0.717, 1.165) is 73.2 Å². The number of aromatic amines is 1. The van der Waals surface area contributed by atoms with Crippen LogP contribution in [0.5, 0.6) is 0 Å². The van der Waals surface area contributed by atoms with Gasteiger partial charge in [-0.1, -0.05) is 30.3 Å². The van der Waals surface area contributed by atoms with Crippen molar-refractivity contribution in [3.05, 3.63) is 54.1 Å². The Labute approximate surface area is 224 Å². The van der Waals surface area contributed by atoms with E-state index in [4.69, 9.17) is 4.74 Å². The molecule has 38 heavy (non-hydrogen) atoms. The lowest BCUT2D eigenvalue weighted by molar-refractivity contribution is -0.141. The number of rotatable bonds is 6. The zero-order chi connectivity index (χ0) is 26.1. The highest BCUT2D eigenvalue weighted by molar-refractivity contribution is 7.91. The molecule has 0 radical (unpaired) electrons. The van der Waals surface area contributed by atoms with Gasteiger partial charge in [0.2, 0.25) is 0 Å². The van der Waals surface area contributed by atoms with Crippen molar-refractivity contribution in [3.8, 4) is 11.3 Å². The summed E-state index contributed by atoms with van der Waals surface area (Å²) in [5.41, 5.74) is 5.52. The van der Waals surface area contributed by atoms with Gasteiger partial charge in [-0.15, -0.1) is 0 Å². The van der Waals surface area contributed by atoms with E-state index in [9.17, 15) is 13.2 Å². The van der Waals surface area contributed by atoms with Crippen LogP contribution in [0.15, 0.2) is 48.5 Å². The average molecular weight is 537 g/mol. The van der Waals surface area contributed by atoms with Gasteiger partial charge >= 0.3 is 0 Å². The highest BCUT2D eigenvalue weighted by Gasteiger charge is 2.31. The van der Waals surface area contributed by atoms with Gasteiger partial charge < -0.3 is 19.9 Å². The van der Waals surface area contributed by atoms with Crippen molar-refractivity contribution < 1.29 is 17.9 Å². The minimum Gasteiger partial charge on any atom is -0.380 e. The lowest BCUT2D eigenvalue weighted by Crippen LogP contribution is -2.46. The number of ether oxygens (including phenoxy) is 1. The first-order chi connectivity index (χ1) is 18.4. The molecule has 2 aromatic carbocycles. The number of nitrogens with zero attached hydrogens (tertiary/aromatic N) is 2. The molecule has 3 aliphatic heterocycles. The van der Waals surface area contributed by atoms with Crippen LogP contribution in [0.3, 0.4) is 0 Å². The van der Waals surface area contributed by atoms with Crippen molar-refractivity contribution in [2.75, 3.05) is 49.6 Å². The third-order valence-electron chi connectivity index (χ3n) is 8.09. The number of fused-ring (bicyclic) bond motifs is 1. The van der Waals surface area contributed by atoms with Gasteiger partial charge in [-0.3, -0.25) is 9.69 Å². The predicted octanol–water partition coefficient (Wildman–Crippen LogP) is 3.65. The number of nitrogens with one attached hydrogen (secondary N) is 2. The van der Waals surface area contributed by atoms with E-state index in [1.807, 2.05) is 23.1 Å². The molecular formula is C29H36N4O4S. The number of hydrogen-bond donors (Lipinski definition) is 2. The Balaban J connectivity index is 1.22. The van der Waals surface area contributed by atoms with Crippen LogP contribution in [0.2, 0.25) is 0 Å². The highest BCUT2D eigenvalue weighted by atomic mass is 32.2. The zero-order valence-electron chi connectivity index (χ0n) is 21.7. The number of piperidine rings is 1. The SMILES string of the molecule is O=C(C1CCCO1)N1CCC(Nc2cc(CN3CCS(=O)(=O)CC3)cc3cc(-c4ccccc4)[nH]c23)CC1. The number of anilines is 1. The largest absolute Gasteiger partial charge is 0.380 e. The molecule has 3 aliphatic rings. The molecule has 1 atom stereocenters. The molecule has 1 aromatic heterocycles. The van der Waals surface area contributed by atoms with Crippen LogP contribution < -0.4 is 5.32 Å². The summed E-state index contributed by atoms with van der Waals surface area (Å²) in [5.74, 6) is 0.600. The Bertz CT molecular complexity index is 1380. The van der Waals surface area contributed by atoms with Gasteiger partial charge in [0.05, 0.1) is 22.7 Å². The van der Waals surface area contributed by atoms with E-state index in [-0.39, 0.29) is 29.6 Å². The summed E-state index contributed by atoms with van der Waals surface area (Å²) in [5, 5.41) is 4.93. The van der Waals surface area contributed by atoms with Crippen molar-refractivity contribution in [3.63, 3.8) is 0 Å². The Kier molecular flexibility index (Phi) is 7.16. The van der Waals surface area contributed by atoms with Gasteiger partial charge in [0.15, 0.2) is 9.84 Å². The minimum atomic E-state index is -2.91. The summed E-state index contributed by atoms with van der Waals surface area (Å²) in [6.07, 6.45) is 3.33. The number of hydrogen-bond acceptors (Lipinski definition) is 6. The number of amides is 1. The highest BCUT2D eigenvalue weighted by Crippen LogP contribution is 2.32. The topological polar surface area (TPSA) is 94.7 Å². The molecule has 6 rings (SSSR count). The number of H-pyrrole nitrogens is 1. The Hall–Kier alpha value is -2.88. The van der Waals surface area contributed by atoms with Crippen LogP contribution >= 0.6 is 0 Å². The molecule has 2 N–H and O–H groups in total. The fourth-order valence-corrected chi connectivity index (χ4v) is 7.17. The van der Waals surface area contributed by atoms with E-state index in [2.05, 4.69) is 45.5 Å². The molecule has 8 nitrogen and oxygen atoms in total. The van der Waals surface area contributed by atoms with Gasteiger partial charge in [-0.05, 0) is 55.0 Å². The maximum Gasteiger partial charge on any atom is 0.251 e. The number of benzene rings is 2. The van der Waals surface area contributed by atoms with Crippen molar-refractivity contribution in [2.24, 2.45) is 0 Å². The maximum absolute atomic E-state index is 12.8. The monoisotopic (exact) mass is 536 g/mol. The van der Waals surface area contributed by atoms with Crippen LogP contribution in [0.1, 0.15) is 31.2 Å². The summed E-state index contributed by atoms with van der Waals surface area (Å²) in [4.78, 5) is 20.6. The van der Waals surface area contributed by atoms with Gasteiger partial charge in [-0.2, -0.15) is 0 Å². The molecule has 1 amide bonds. The van der Waals surface area contributed by atoms with Crippen molar-refractivity contribution >= 4 is 32.3 Å². The second-order valence-corrected chi connectivity index (χ2v) is 13.1. The van der Waals surface area contributed by atoms with Crippen LogP contribution in [0.4, 0.5) is 5.69 Å². The molecule has 0 bridgehead atoms. The van der Waals surface area contributed by atoms with E-state index >= 15 is 0 Å². The number of carbonyl (C=O) groups excluding carboxylic acids is 1. The van der Waals surface area contributed by atoms with Crippen LogP contribution in [0.25, 0.3) is 22.2 Å². The second kappa shape index (κ2) is 10.7. The van der Waals surface area contributed by atoms with Gasteiger partial charge in [0.25, 0.3) is 5.91 Å². The molecule has 3 aromatic rings. The molecule has 0 aliphatic carbocycles. The van der Waals surface area contributed by atoms with E-state index in [1.54, 1.807) is 0 Å². The predicted molar refractivity (Wildman–Crippen MR) is 150 cm³/mol. The smallest absolute Gasteiger partial charge is 0.251 e. The molecule has 0 spiro atoms. The van der Waals surface area contributed by atoms with E-state index in [0.29, 0.717) is 19.7 Å². The first-order valence-electron chi connectivity index (χ1n) is 13.7. The molecular weight excluding hydrogens is 500 g/mol. The van der Waals surface area contributed by atoms with Crippen molar-refractivity contribution in [2.45, 2.75) is 44.4 Å². The summed E-state index contributed by atoms with van der Waals surface area (Å²) in [6, 6.07) is 17.2. The van der Waals surface area contributed by atoms with Crippen LogP contribution in [0, 0.1) is 0 Å². The number of aromatic nitrogens is 1. The Morgan fingerprint density at radius 3 is 2.47 bits per heavy atom. The number of likely N-dealkylation sites (tertiary alicyclic amines) is 1. The minimum absolute atomic E-state index is 0.144. The summed E-state index contributed by atoms with van der Waals surface area (Å²) in [7, 11) is -2.91. The van der Waals surface area contributed by atoms with E-state index < -0.39 is 9.84 Å². The molecule has 3 fully saturated rings. The van der Waals surface area contributed by atoms with Gasteiger partial charge in [-0.25, -0.2) is 8.42 Å². The molecule has 0 saturated carbocycles. The fourth-order valence-electron chi connectivity index (χ4n) is 5.89. The summed E-state index contributed by atoms with van der Waals surface area (Å²) in [6.45, 7) is 4.03. The van der Waals surface area contributed by atoms with Crippen molar-refractivity contribution in [1.82, 2.24) is 14.8 Å². The van der Waals surface area contributed by atoms with Crippen molar-refractivity contribution in [1.29, 1.82) is 0 Å². The maximum atomic E-state index is 12.8. The first kappa shape index (κ1) is 25.4. The van der Waals surface area contributed by atoms with E-state index in [1.165, 1.54) is 5.56 Å². The Morgan fingerprint density at radius 1 is 1.00 bits per heavy atom. The van der Waals surface area contributed by atoms with Gasteiger partial charge in [0.1, 0.15) is 6.10 Å². The molecule has 3 saturated heterocycles. The fraction of sp³-hybridized carbons (Fsp3) is 0.483. The standard InChI is InChI=1S/C29H36N4O4S/c34-29(27-7-4-14-37-27)33-10-8-24(9-11-33)30-26-18-21(20-32-12-15-38(35,36)16-13-32)17-23-19-25(31-28(23)26)22-5-2-1-3-6-22/h1-3,5-6,17-19,24,27,30-31H,4,7-16,20H2. The molecule has 4 heterocycles. The summed E-state index contributed by atoms with van der Waals surface area (Å²) >= 11 is 0. The number of sulfone groups is 1. The number of carbonyl (C=O) groups is 1. The Morgan fingerprint density at radius 2 is 1.76 bits per heavy atom. The van der Waals surface area contributed by atoms with Gasteiger partial charge in [0, 0.05) is 56.5 Å². The molecule has 202 valence electrons. The van der Waals surface area contributed by atoms with Crippen LogP contribution in [-0.2, 0) is 25.9 Å². The lowest BCUT2D eigenvalue weighted by Gasteiger charge is -2.34. The third-order valence-corrected chi connectivity index (χ3v) is 9.70. The summed E-state index contributed by atoms with van der Waals surface area (Å²) < 4.78 is 29.4.